The van der Waals surface area contributed by atoms with E-state index < -0.39 is 4.92 Å². The van der Waals surface area contributed by atoms with E-state index in [9.17, 15) is 20.0 Å². The molecule has 130 valence electrons. The number of nitro benzene ring substituents is 1. The lowest BCUT2D eigenvalue weighted by atomic mass is 9.89. The second-order valence-electron chi connectivity index (χ2n) is 6.09. The Morgan fingerprint density at radius 3 is 2.48 bits per heavy atom. The minimum absolute atomic E-state index is 0.0520. The molecule has 1 saturated heterocycles. The topological polar surface area (TPSA) is 95.7 Å². The zero-order valence-electron chi connectivity index (χ0n) is 13.6. The van der Waals surface area contributed by atoms with Crippen molar-refractivity contribution in [2.24, 2.45) is 0 Å². The van der Waals surface area contributed by atoms with Gasteiger partial charge in [-0.2, -0.15) is 0 Å². The Morgan fingerprint density at radius 2 is 1.84 bits per heavy atom. The highest BCUT2D eigenvalue weighted by molar-refractivity contribution is 5.89. The number of carbonyl (C=O) groups is 1. The molecule has 2 aromatic carbocycles. The number of hydrogen-bond acceptors (Lipinski definition) is 4. The summed E-state index contributed by atoms with van der Waals surface area (Å²) in [5, 5.41) is 22.9. The summed E-state index contributed by atoms with van der Waals surface area (Å²) in [7, 11) is 0. The Hall–Kier alpha value is -3.09. The van der Waals surface area contributed by atoms with Gasteiger partial charge in [-0.1, -0.05) is 18.2 Å². The molecule has 3 rings (SSSR count). The third-order valence-corrected chi connectivity index (χ3v) is 4.45. The highest BCUT2D eigenvalue weighted by Gasteiger charge is 2.24. The third-order valence-electron chi connectivity index (χ3n) is 4.45. The lowest BCUT2D eigenvalue weighted by Crippen LogP contribution is -2.40. The number of aromatic hydroxyl groups is 1. The van der Waals surface area contributed by atoms with E-state index >= 15 is 0 Å². The molecule has 0 unspecified atom stereocenters. The van der Waals surface area contributed by atoms with Crippen molar-refractivity contribution in [3.63, 3.8) is 0 Å². The van der Waals surface area contributed by atoms with Crippen LogP contribution in [0.5, 0.6) is 5.75 Å². The van der Waals surface area contributed by atoms with Gasteiger partial charge in [0.1, 0.15) is 5.75 Å². The summed E-state index contributed by atoms with van der Waals surface area (Å²) >= 11 is 0. The number of rotatable bonds is 3. The van der Waals surface area contributed by atoms with Crippen molar-refractivity contribution in [3.8, 4) is 5.75 Å². The van der Waals surface area contributed by atoms with Crippen LogP contribution in [-0.4, -0.2) is 34.1 Å². The van der Waals surface area contributed by atoms with Gasteiger partial charge in [0.2, 0.25) is 0 Å². The molecule has 1 aliphatic heterocycles. The van der Waals surface area contributed by atoms with Crippen LogP contribution in [0, 0.1) is 10.1 Å². The minimum Gasteiger partial charge on any atom is -0.508 e. The predicted octanol–water partition coefficient (Wildman–Crippen LogP) is 3.71. The van der Waals surface area contributed by atoms with Crippen LogP contribution in [0.1, 0.15) is 24.3 Å². The van der Waals surface area contributed by atoms with E-state index in [2.05, 4.69) is 5.32 Å². The van der Waals surface area contributed by atoms with Gasteiger partial charge in [-0.05, 0) is 42.5 Å². The highest BCUT2D eigenvalue weighted by atomic mass is 16.6. The van der Waals surface area contributed by atoms with Crippen molar-refractivity contribution in [2.75, 3.05) is 18.4 Å². The molecule has 2 amide bonds. The molecule has 0 aromatic heterocycles. The van der Waals surface area contributed by atoms with Gasteiger partial charge in [0, 0.05) is 30.9 Å². The van der Waals surface area contributed by atoms with Crippen LogP contribution in [0.3, 0.4) is 0 Å². The first-order chi connectivity index (χ1) is 12.0. The first kappa shape index (κ1) is 16.8. The van der Waals surface area contributed by atoms with Crippen LogP contribution in [-0.2, 0) is 0 Å². The molecule has 0 saturated carbocycles. The number of amides is 2. The molecule has 2 aromatic rings. The van der Waals surface area contributed by atoms with Gasteiger partial charge in [-0.25, -0.2) is 4.79 Å². The predicted molar refractivity (Wildman–Crippen MR) is 93.8 cm³/mol. The maximum absolute atomic E-state index is 12.3. The molecular weight excluding hydrogens is 322 g/mol. The second kappa shape index (κ2) is 7.21. The fourth-order valence-corrected chi connectivity index (χ4v) is 3.06. The first-order valence-electron chi connectivity index (χ1n) is 8.12. The molecule has 1 heterocycles. The number of piperidine rings is 1. The van der Waals surface area contributed by atoms with Crippen molar-refractivity contribution in [1.82, 2.24) is 4.90 Å². The number of nitrogens with one attached hydrogen (secondary N) is 1. The van der Waals surface area contributed by atoms with Crippen molar-refractivity contribution in [2.45, 2.75) is 18.8 Å². The maximum Gasteiger partial charge on any atom is 0.321 e. The molecule has 7 nitrogen and oxygen atoms in total. The van der Waals surface area contributed by atoms with Crippen molar-refractivity contribution in [3.05, 3.63) is 64.2 Å². The van der Waals surface area contributed by atoms with Crippen LogP contribution >= 0.6 is 0 Å². The number of phenolic OH excluding ortho intramolecular Hbond substituents is 1. The van der Waals surface area contributed by atoms with E-state index in [1.54, 1.807) is 29.2 Å². The number of likely N-dealkylation sites (tertiary alicyclic amines) is 1. The fourth-order valence-electron chi connectivity index (χ4n) is 3.06. The summed E-state index contributed by atoms with van der Waals surface area (Å²) in [5.74, 6) is 0.611. The van der Waals surface area contributed by atoms with E-state index in [1.165, 1.54) is 12.1 Å². The van der Waals surface area contributed by atoms with Gasteiger partial charge in [-0.3, -0.25) is 10.1 Å². The molecule has 0 radical (unpaired) electrons. The van der Waals surface area contributed by atoms with Crippen molar-refractivity contribution < 1.29 is 14.8 Å². The van der Waals surface area contributed by atoms with E-state index in [4.69, 9.17) is 0 Å². The van der Waals surface area contributed by atoms with Gasteiger partial charge >= 0.3 is 6.03 Å². The second-order valence-corrected chi connectivity index (χ2v) is 6.09. The molecule has 2 N–H and O–H groups in total. The lowest BCUT2D eigenvalue weighted by molar-refractivity contribution is -0.384. The summed E-state index contributed by atoms with van der Waals surface area (Å²) in [6.07, 6.45) is 1.68. The van der Waals surface area contributed by atoms with E-state index in [1.807, 2.05) is 12.1 Å². The molecule has 0 aliphatic carbocycles. The van der Waals surface area contributed by atoms with Gasteiger partial charge < -0.3 is 15.3 Å². The summed E-state index contributed by atoms with van der Waals surface area (Å²) in [6.45, 7) is 1.23. The zero-order valence-corrected chi connectivity index (χ0v) is 13.6. The number of nitro groups is 1. The monoisotopic (exact) mass is 341 g/mol. The number of urea groups is 1. The first-order valence-corrected chi connectivity index (χ1v) is 8.12. The zero-order chi connectivity index (χ0) is 17.8. The van der Waals surface area contributed by atoms with Gasteiger partial charge in [-0.15, -0.1) is 0 Å². The lowest BCUT2D eigenvalue weighted by Gasteiger charge is -2.32. The van der Waals surface area contributed by atoms with E-state index in [-0.39, 0.29) is 17.5 Å². The number of anilines is 1. The normalized spacial score (nSPS) is 15.0. The standard InChI is InChI=1S/C18H19N3O4/c22-17-6-4-13(5-7-17)14-8-10-20(11-9-14)18(23)19-15-2-1-3-16(12-15)21(24)25/h1-7,12,14,22H,8-11H2,(H,19,23). The van der Waals surface area contributed by atoms with Crippen molar-refractivity contribution >= 4 is 17.4 Å². The highest BCUT2D eigenvalue weighted by Crippen LogP contribution is 2.29. The smallest absolute Gasteiger partial charge is 0.321 e. The Labute approximate surface area is 145 Å². The average molecular weight is 341 g/mol. The molecule has 0 spiro atoms. The van der Waals surface area contributed by atoms with Crippen LogP contribution in [0.4, 0.5) is 16.2 Å². The van der Waals surface area contributed by atoms with E-state index in [0.29, 0.717) is 24.7 Å². The molecule has 25 heavy (non-hydrogen) atoms. The Balaban J connectivity index is 1.57. The number of carbonyl (C=O) groups excluding carboxylic acids is 1. The van der Waals surface area contributed by atoms with Crippen LogP contribution in [0.2, 0.25) is 0 Å². The molecular formula is C18H19N3O4. The fraction of sp³-hybridized carbons (Fsp3) is 0.278. The van der Waals surface area contributed by atoms with Crippen LogP contribution < -0.4 is 5.32 Å². The van der Waals surface area contributed by atoms with Gasteiger partial charge in [0.05, 0.1) is 4.92 Å². The number of benzene rings is 2. The molecule has 0 bridgehead atoms. The minimum atomic E-state index is -0.487. The molecule has 7 heteroatoms. The summed E-state index contributed by atoms with van der Waals surface area (Å²) in [6, 6.07) is 12.9. The summed E-state index contributed by atoms with van der Waals surface area (Å²) in [4.78, 5) is 24.4. The van der Waals surface area contributed by atoms with Crippen LogP contribution in [0.25, 0.3) is 0 Å². The van der Waals surface area contributed by atoms with Crippen LogP contribution in [0.15, 0.2) is 48.5 Å². The third kappa shape index (κ3) is 4.06. The summed E-state index contributed by atoms with van der Waals surface area (Å²) in [5.41, 5.74) is 1.53. The van der Waals surface area contributed by atoms with Crippen molar-refractivity contribution in [1.29, 1.82) is 0 Å². The molecule has 1 fully saturated rings. The number of non-ortho nitro benzene ring substituents is 1. The maximum atomic E-state index is 12.3. The Bertz CT molecular complexity index is 768. The number of hydrogen-bond donors (Lipinski definition) is 2. The van der Waals surface area contributed by atoms with E-state index in [0.717, 1.165) is 18.4 Å². The van der Waals surface area contributed by atoms with Gasteiger partial charge in [0.15, 0.2) is 0 Å². The quantitative estimate of drug-likeness (QED) is 0.657. The molecule has 0 atom stereocenters. The SMILES string of the molecule is O=C(Nc1cccc([N+](=O)[O-])c1)N1CCC(c2ccc(O)cc2)CC1. The number of phenols is 1. The average Bonchev–Trinajstić information content (AvgIpc) is 2.63. The largest absolute Gasteiger partial charge is 0.508 e. The summed E-state index contributed by atoms with van der Waals surface area (Å²) < 4.78 is 0. The molecule has 1 aliphatic rings. The number of nitrogens with zero attached hydrogens (tertiary/aromatic N) is 2. The Kier molecular flexibility index (Phi) is 4.83. The Morgan fingerprint density at radius 1 is 1.16 bits per heavy atom. The van der Waals surface area contributed by atoms with Gasteiger partial charge in [0.25, 0.3) is 5.69 Å².